The zero-order valence-corrected chi connectivity index (χ0v) is 25.3. The van der Waals surface area contributed by atoms with Crippen molar-refractivity contribution >= 4 is 86.8 Å². The Labute approximate surface area is 251 Å². The molecule has 5 rings (SSSR count). The first-order chi connectivity index (χ1) is 19.7. The first-order valence-corrected chi connectivity index (χ1v) is 15.9. The molecule has 1 amide bonds. The molecule has 10 nitrogen and oxygen atoms in total. The highest BCUT2D eigenvalue weighted by Crippen LogP contribution is 2.32. The molecule has 0 aliphatic rings. The molecule has 3 aromatic carbocycles. The largest absolute Gasteiger partial charge is 0.324 e. The Morgan fingerprint density at radius 2 is 1.78 bits per heavy atom. The summed E-state index contributed by atoms with van der Waals surface area (Å²) in [5, 5.41) is 16.8. The number of anilines is 2. The Morgan fingerprint density at radius 1 is 1.05 bits per heavy atom. The fraction of sp³-hybridized carbons (Fsp3) is 0.0741. The van der Waals surface area contributed by atoms with E-state index in [1.165, 1.54) is 58.3 Å². The molecule has 0 aliphatic carbocycles. The van der Waals surface area contributed by atoms with Crippen LogP contribution in [0.2, 0.25) is 0 Å². The van der Waals surface area contributed by atoms with Crippen LogP contribution in [-0.4, -0.2) is 37.0 Å². The summed E-state index contributed by atoms with van der Waals surface area (Å²) in [4.78, 5) is 29.3. The van der Waals surface area contributed by atoms with Crippen LogP contribution in [-0.2, 0) is 10.0 Å². The molecule has 0 saturated carbocycles. The molecule has 2 aromatic heterocycles. The molecule has 0 spiro atoms. The monoisotopic (exact) mass is 669 g/mol. The lowest BCUT2D eigenvalue weighted by Gasteiger charge is -2.23. The highest BCUT2D eigenvalue weighted by Gasteiger charge is 2.26. The van der Waals surface area contributed by atoms with Crippen molar-refractivity contribution < 1.29 is 18.1 Å². The minimum atomic E-state index is -3.88. The predicted molar refractivity (Wildman–Crippen MR) is 166 cm³/mol. The highest BCUT2D eigenvalue weighted by atomic mass is 79.9. The van der Waals surface area contributed by atoms with E-state index in [0.29, 0.717) is 16.1 Å². The summed E-state index contributed by atoms with van der Waals surface area (Å²) in [5.41, 5.74) is 1.38. The van der Waals surface area contributed by atoms with Gasteiger partial charge in [-0.05, 0) is 67.6 Å². The zero-order chi connectivity index (χ0) is 29.1. The summed E-state index contributed by atoms with van der Waals surface area (Å²) in [6.07, 6.45) is 1.36. The van der Waals surface area contributed by atoms with Gasteiger partial charge in [-0.3, -0.25) is 19.2 Å². The second-order valence-corrected chi connectivity index (χ2v) is 13.3. The summed E-state index contributed by atoms with van der Waals surface area (Å²) in [7, 11) is -3.88. The molecule has 0 saturated heterocycles. The van der Waals surface area contributed by atoms with Crippen LogP contribution in [0.15, 0.2) is 99.4 Å². The van der Waals surface area contributed by atoms with Gasteiger partial charge in [-0.1, -0.05) is 56.8 Å². The van der Waals surface area contributed by atoms with Crippen molar-refractivity contribution in [3.8, 4) is 0 Å². The number of hydrogen-bond acceptors (Lipinski definition) is 9. The molecule has 2 heterocycles. The minimum absolute atomic E-state index is 0.0329. The summed E-state index contributed by atoms with van der Waals surface area (Å²) in [5.74, 6) is -0.551. The van der Waals surface area contributed by atoms with Crippen molar-refractivity contribution in [3.05, 3.63) is 110 Å². The van der Waals surface area contributed by atoms with Crippen molar-refractivity contribution in [2.75, 3.05) is 15.9 Å². The number of halogens is 1. The van der Waals surface area contributed by atoms with Crippen molar-refractivity contribution in [1.82, 2.24) is 4.98 Å². The van der Waals surface area contributed by atoms with Crippen molar-refractivity contribution in [2.24, 2.45) is 5.10 Å². The van der Waals surface area contributed by atoms with E-state index < -0.39 is 20.9 Å². The van der Waals surface area contributed by atoms with Crippen molar-refractivity contribution in [1.29, 1.82) is 0 Å². The quantitative estimate of drug-likeness (QED) is 0.0952. The third-order valence-corrected chi connectivity index (χ3v) is 10.2. The Morgan fingerprint density at radius 3 is 2.44 bits per heavy atom. The molecule has 5 aromatic rings. The van der Waals surface area contributed by atoms with Gasteiger partial charge in [-0.15, -0.1) is 0 Å². The third kappa shape index (κ3) is 6.05. The van der Waals surface area contributed by atoms with Gasteiger partial charge in [-0.2, -0.15) is 10.1 Å². The Bertz CT molecular complexity index is 1870. The molecular formula is C27H20BrN5O5S3. The maximum absolute atomic E-state index is 13.7. The zero-order valence-electron chi connectivity index (χ0n) is 21.2. The smallest absolute Gasteiger partial charge is 0.267 e. The lowest BCUT2D eigenvalue weighted by molar-refractivity contribution is -0.380. The van der Waals surface area contributed by atoms with E-state index >= 15 is 0 Å². The number of aromatic nitrogens is 1. The fourth-order valence-electron chi connectivity index (χ4n) is 3.89. The van der Waals surface area contributed by atoms with Crippen LogP contribution in [0.3, 0.4) is 0 Å². The van der Waals surface area contributed by atoms with Gasteiger partial charge in [0.1, 0.15) is 0 Å². The summed E-state index contributed by atoms with van der Waals surface area (Å²) >= 11 is 5.60. The Kier molecular flexibility index (Phi) is 8.26. The first kappa shape index (κ1) is 28.5. The second-order valence-electron chi connectivity index (χ2n) is 8.43. The van der Waals surface area contributed by atoms with Gasteiger partial charge in [0.25, 0.3) is 15.9 Å². The number of carbonyl (C=O) groups excluding carboxylic acids is 1. The van der Waals surface area contributed by atoms with E-state index in [1.807, 2.05) is 18.2 Å². The average Bonchev–Trinajstić information content (AvgIpc) is 3.61. The van der Waals surface area contributed by atoms with Crippen molar-refractivity contribution in [3.63, 3.8) is 0 Å². The van der Waals surface area contributed by atoms with Crippen molar-refractivity contribution in [2.45, 2.75) is 11.8 Å². The van der Waals surface area contributed by atoms with Gasteiger partial charge < -0.3 is 0 Å². The normalized spacial score (nSPS) is 11.7. The number of carbonyl (C=O) groups is 1. The first-order valence-electron chi connectivity index (χ1n) is 12.0. The second kappa shape index (κ2) is 11.9. The number of benzene rings is 3. The standard InChI is InChI=1S/C27H20BrN5O5S3/c1-2-31(20-6-4-3-5-7-20)41(37,38)22-12-8-18(9-13-22)26(34)32(29-17-21-11-15-25(39-21)33(35)36)27-30-23-14-10-19(28)16-24(23)40-27/h3-17H,2H2,1H3/b29-17+. The molecule has 14 heteroatoms. The Balaban J connectivity index is 1.49. The maximum atomic E-state index is 13.7. The van der Waals surface area contributed by atoms with E-state index in [2.05, 4.69) is 26.0 Å². The number of rotatable bonds is 9. The number of thiophene rings is 1. The van der Waals surface area contributed by atoms with E-state index in [9.17, 15) is 23.3 Å². The number of hydrazone groups is 1. The van der Waals surface area contributed by atoms with Gasteiger partial charge in [-0.25, -0.2) is 13.4 Å². The van der Waals surface area contributed by atoms with Gasteiger partial charge in [0, 0.05) is 22.6 Å². The van der Waals surface area contributed by atoms with E-state index in [-0.39, 0.29) is 27.1 Å². The molecule has 41 heavy (non-hydrogen) atoms. The van der Waals surface area contributed by atoms with Crippen LogP contribution >= 0.6 is 38.6 Å². The number of nitrogens with zero attached hydrogens (tertiary/aromatic N) is 5. The summed E-state index contributed by atoms with van der Waals surface area (Å²) in [6, 6.07) is 22.8. The lowest BCUT2D eigenvalue weighted by Crippen LogP contribution is -2.31. The third-order valence-electron chi connectivity index (χ3n) is 5.83. The number of hydrogen-bond donors (Lipinski definition) is 0. The molecule has 0 unspecified atom stereocenters. The summed E-state index contributed by atoms with van der Waals surface area (Å²) in [6.45, 7) is 1.97. The van der Waals surface area contributed by atoms with Gasteiger partial charge in [0.05, 0.1) is 36.8 Å². The highest BCUT2D eigenvalue weighted by molar-refractivity contribution is 9.10. The number of para-hydroxylation sites is 1. The predicted octanol–water partition coefficient (Wildman–Crippen LogP) is 6.92. The van der Waals surface area contributed by atoms with Crippen LogP contribution in [0.4, 0.5) is 15.8 Å². The molecule has 0 atom stereocenters. The van der Waals surface area contributed by atoms with Crippen LogP contribution < -0.4 is 9.31 Å². The number of thiazole rings is 1. The number of sulfonamides is 1. The van der Waals surface area contributed by atoms with Crippen LogP contribution in [0, 0.1) is 10.1 Å². The van der Waals surface area contributed by atoms with Gasteiger partial charge in [0.15, 0.2) is 0 Å². The van der Waals surface area contributed by atoms with Crippen LogP contribution in [0.1, 0.15) is 22.2 Å². The van der Waals surface area contributed by atoms with E-state index in [4.69, 9.17) is 0 Å². The van der Waals surface area contributed by atoms with E-state index in [1.54, 1.807) is 37.3 Å². The topological polar surface area (TPSA) is 126 Å². The molecule has 0 N–H and O–H groups in total. The van der Waals surface area contributed by atoms with Gasteiger partial charge >= 0.3 is 5.00 Å². The van der Waals surface area contributed by atoms with Crippen LogP contribution in [0.25, 0.3) is 10.2 Å². The molecule has 0 radical (unpaired) electrons. The molecule has 0 fully saturated rings. The molecular weight excluding hydrogens is 650 g/mol. The minimum Gasteiger partial charge on any atom is -0.267 e. The summed E-state index contributed by atoms with van der Waals surface area (Å²) < 4.78 is 29.7. The number of amides is 1. The fourth-order valence-corrected chi connectivity index (χ4v) is 7.53. The number of nitro groups is 1. The maximum Gasteiger partial charge on any atom is 0.324 e. The average molecular weight is 671 g/mol. The number of fused-ring (bicyclic) bond motifs is 1. The SMILES string of the molecule is CCN(c1ccccc1)S(=O)(=O)c1ccc(C(=O)N(/N=C/c2ccc([N+](=O)[O-])s2)c2nc3ccc(Br)cc3s2)cc1. The molecule has 0 bridgehead atoms. The van der Waals surface area contributed by atoms with E-state index in [0.717, 1.165) is 25.5 Å². The van der Waals surface area contributed by atoms with Crippen LogP contribution in [0.5, 0.6) is 0 Å². The Hall–Kier alpha value is -3.98. The van der Waals surface area contributed by atoms with Gasteiger partial charge in [0.2, 0.25) is 5.13 Å². The lowest BCUT2D eigenvalue weighted by atomic mass is 10.2. The molecule has 208 valence electrons. The molecule has 0 aliphatic heterocycles.